The maximum atomic E-state index is 12.3. The lowest BCUT2D eigenvalue weighted by atomic mass is 9.89. The Morgan fingerprint density at radius 1 is 1.41 bits per heavy atom. The van der Waals surface area contributed by atoms with Gasteiger partial charge in [0, 0.05) is 44.3 Å². The summed E-state index contributed by atoms with van der Waals surface area (Å²) >= 11 is 0. The molecule has 22 heavy (non-hydrogen) atoms. The average Bonchev–Trinajstić information content (AvgIpc) is 2.51. The summed E-state index contributed by atoms with van der Waals surface area (Å²) in [6.07, 6.45) is 2.66. The molecule has 0 saturated carbocycles. The predicted octanol–water partition coefficient (Wildman–Crippen LogP) is 2.17. The van der Waals surface area contributed by atoms with Crippen LogP contribution in [0.4, 0.5) is 5.82 Å². The highest BCUT2D eigenvalue weighted by molar-refractivity contribution is 5.94. The molecule has 1 saturated heterocycles. The summed E-state index contributed by atoms with van der Waals surface area (Å²) in [5.74, 6) is 0.682. The number of rotatable bonds is 5. The van der Waals surface area contributed by atoms with Crippen LogP contribution in [0.1, 0.15) is 38.3 Å². The van der Waals surface area contributed by atoms with Gasteiger partial charge >= 0.3 is 0 Å². The van der Waals surface area contributed by atoms with Crippen molar-refractivity contribution in [3.8, 4) is 0 Å². The van der Waals surface area contributed by atoms with Crippen LogP contribution in [0.3, 0.4) is 0 Å². The third-order valence-corrected chi connectivity index (χ3v) is 4.56. The zero-order valence-corrected chi connectivity index (χ0v) is 14.2. The topological polar surface area (TPSA) is 57.3 Å². The molecule has 122 valence electrons. The van der Waals surface area contributed by atoms with Crippen LogP contribution in [0, 0.1) is 12.3 Å². The number of aryl methyl sites for hydroxylation is 1. The summed E-state index contributed by atoms with van der Waals surface area (Å²) in [7, 11) is 0. The molecule has 1 aromatic rings. The van der Waals surface area contributed by atoms with Gasteiger partial charge in [0.25, 0.3) is 0 Å². The van der Waals surface area contributed by atoms with Gasteiger partial charge in [0.15, 0.2) is 0 Å². The van der Waals surface area contributed by atoms with Crippen LogP contribution >= 0.6 is 0 Å². The van der Waals surface area contributed by atoms with Gasteiger partial charge in [-0.3, -0.25) is 9.69 Å². The number of carbonyl (C=O) groups is 1. The molecule has 0 unspecified atom stereocenters. The standard InChI is InChI=1S/C17H28N4O/c1-5-17(3,4)16(22)20-15-10-14(13(2)11-19-15)12-21-8-6-18-7-9-21/h10-11,18H,5-9,12H2,1-4H3,(H,19,20,22). The molecule has 1 aliphatic heterocycles. The molecule has 0 spiro atoms. The molecular formula is C17H28N4O. The van der Waals surface area contributed by atoms with Gasteiger partial charge in [-0.15, -0.1) is 0 Å². The highest BCUT2D eigenvalue weighted by Crippen LogP contribution is 2.22. The van der Waals surface area contributed by atoms with Crippen LogP contribution in [0.25, 0.3) is 0 Å². The quantitative estimate of drug-likeness (QED) is 0.875. The van der Waals surface area contributed by atoms with Crippen LogP contribution in [-0.2, 0) is 11.3 Å². The lowest BCUT2D eigenvalue weighted by molar-refractivity contribution is -0.124. The highest BCUT2D eigenvalue weighted by Gasteiger charge is 2.25. The van der Waals surface area contributed by atoms with E-state index in [-0.39, 0.29) is 11.3 Å². The van der Waals surface area contributed by atoms with Gasteiger partial charge in [-0.2, -0.15) is 0 Å². The maximum absolute atomic E-state index is 12.3. The molecule has 2 N–H and O–H groups in total. The minimum atomic E-state index is -0.370. The monoisotopic (exact) mass is 304 g/mol. The fourth-order valence-corrected chi connectivity index (χ4v) is 2.36. The fourth-order valence-electron chi connectivity index (χ4n) is 2.36. The Balaban J connectivity index is 2.07. The zero-order chi connectivity index (χ0) is 16.2. The highest BCUT2D eigenvalue weighted by atomic mass is 16.2. The molecule has 0 aromatic carbocycles. The Morgan fingerprint density at radius 2 is 2.09 bits per heavy atom. The second-order valence-electron chi connectivity index (χ2n) is 6.71. The van der Waals surface area contributed by atoms with Crippen LogP contribution in [-0.4, -0.2) is 42.0 Å². The first-order valence-electron chi connectivity index (χ1n) is 8.12. The molecule has 0 radical (unpaired) electrons. The van der Waals surface area contributed by atoms with Crippen LogP contribution in [0.15, 0.2) is 12.3 Å². The van der Waals surface area contributed by atoms with Crippen molar-refractivity contribution in [2.75, 3.05) is 31.5 Å². The average molecular weight is 304 g/mol. The smallest absolute Gasteiger partial charge is 0.231 e. The van der Waals surface area contributed by atoms with Gasteiger partial charge in [-0.25, -0.2) is 4.98 Å². The normalized spacial score (nSPS) is 16.5. The summed E-state index contributed by atoms with van der Waals surface area (Å²) in [6, 6.07) is 2.01. The van der Waals surface area contributed by atoms with Gasteiger partial charge in [-0.05, 0) is 30.5 Å². The molecule has 2 heterocycles. The number of hydrogen-bond acceptors (Lipinski definition) is 4. The van der Waals surface area contributed by atoms with Crippen LogP contribution in [0.2, 0.25) is 0 Å². The largest absolute Gasteiger partial charge is 0.314 e. The first kappa shape index (κ1) is 16.9. The van der Waals surface area contributed by atoms with E-state index >= 15 is 0 Å². The number of pyridine rings is 1. The number of hydrogen-bond donors (Lipinski definition) is 2. The van der Waals surface area contributed by atoms with Crippen LogP contribution < -0.4 is 10.6 Å². The second kappa shape index (κ2) is 7.20. The molecule has 5 nitrogen and oxygen atoms in total. The van der Waals surface area contributed by atoms with E-state index in [9.17, 15) is 4.79 Å². The SMILES string of the molecule is CCC(C)(C)C(=O)Nc1cc(CN2CCNCC2)c(C)cn1. The molecule has 1 aromatic heterocycles. The fraction of sp³-hybridized carbons (Fsp3) is 0.647. The van der Waals surface area contributed by atoms with E-state index in [0.717, 1.165) is 39.1 Å². The number of piperazine rings is 1. The van der Waals surface area contributed by atoms with Crippen molar-refractivity contribution in [2.45, 2.75) is 40.7 Å². The van der Waals surface area contributed by atoms with Crippen LogP contribution in [0.5, 0.6) is 0 Å². The van der Waals surface area contributed by atoms with E-state index in [2.05, 4.69) is 27.4 Å². The van der Waals surface area contributed by atoms with Gasteiger partial charge in [-0.1, -0.05) is 20.8 Å². The summed E-state index contributed by atoms with van der Waals surface area (Å²) in [4.78, 5) is 19.1. The van der Waals surface area contributed by atoms with Crippen molar-refractivity contribution >= 4 is 11.7 Å². The third kappa shape index (κ3) is 4.27. The van der Waals surface area contributed by atoms with E-state index in [1.54, 1.807) is 0 Å². The first-order valence-corrected chi connectivity index (χ1v) is 8.12. The Labute approximate surface area is 133 Å². The van der Waals surface area contributed by atoms with Gasteiger partial charge in [0.2, 0.25) is 5.91 Å². The second-order valence-corrected chi connectivity index (χ2v) is 6.71. The van der Waals surface area contributed by atoms with Crippen molar-refractivity contribution in [3.63, 3.8) is 0 Å². The molecule has 0 atom stereocenters. The molecule has 2 rings (SSSR count). The molecule has 1 fully saturated rings. The number of amides is 1. The van der Waals surface area contributed by atoms with Crippen molar-refractivity contribution in [2.24, 2.45) is 5.41 Å². The summed E-state index contributed by atoms with van der Waals surface area (Å²) in [6.45, 7) is 13.1. The van der Waals surface area contributed by atoms with E-state index < -0.39 is 0 Å². The van der Waals surface area contributed by atoms with Crippen molar-refractivity contribution in [1.82, 2.24) is 15.2 Å². The lowest BCUT2D eigenvalue weighted by Gasteiger charge is -2.28. The minimum absolute atomic E-state index is 0.0273. The number of nitrogens with zero attached hydrogens (tertiary/aromatic N) is 2. The lowest BCUT2D eigenvalue weighted by Crippen LogP contribution is -2.43. The predicted molar refractivity (Wildman–Crippen MR) is 89.8 cm³/mol. The molecule has 1 amide bonds. The number of aromatic nitrogens is 1. The van der Waals surface area contributed by atoms with Gasteiger partial charge < -0.3 is 10.6 Å². The van der Waals surface area contributed by atoms with Gasteiger partial charge in [0.1, 0.15) is 5.82 Å². The number of anilines is 1. The van der Waals surface area contributed by atoms with Crippen molar-refractivity contribution in [3.05, 3.63) is 23.4 Å². The Bertz CT molecular complexity index is 521. The zero-order valence-electron chi connectivity index (χ0n) is 14.2. The van der Waals surface area contributed by atoms with E-state index in [0.29, 0.717) is 5.82 Å². The summed E-state index contributed by atoms with van der Waals surface area (Å²) < 4.78 is 0. The van der Waals surface area contributed by atoms with E-state index in [1.165, 1.54) is 11.1 Å². The van der Waals surface area contributed by atoms with Crippen molar-refractivity contribution in [1.29, 1.82) is 0 Å². The third-order valence-electron chi connectivity index (χ3n) is 4.56. The number of carbonyl (C=O) groups excluding carboxylic acids is 1. The van der Waals surface area contributed by atoms with Crippen molar-refractivity contribution < 1.29 is 4.79 Å². The van der Waals surface area contributed by atoms with E-state index in [1.807, 2.05) is 33.0 Å². The molecule has 5 heteroatoms. The first-order chi connectivity index (χ1) is 10.4. The Morgan fingerprint density at radius 3 is 2.73 bits per heavy atom. The summed E-state index contributed by atoms with van der Waals surface area (Å²) in [5.41, 5.74) is 2.04. The summed E-state index contributed by atoms with van der Waals surface area (Å²) in [5, 5.41) is 6.32. The Hall–Kier alpha value is -1.46. The minimum Gasteiger partial charge on any atom is -0.314 e. The molecule has 0 bridgehead atoms. The van der Waals surface area contributed by atoms with Gasteiger partial charge in [0.05, 0.1) is 0 Å². The number of nitrogens with one attached hydrogen (secondary N) is 2. The Kier molecular flexibility index (Phi) is 5.53. The molecule has 0 aliphatic carbocycles. The molecular weight excluding hydrogens is 276 g/mol. The van der Waals surface area contributed by atoms with E-state index in [4.69, 9.17) is 0 Å². The maximum Gasteiger partial charge on any atom is 0.231 e. The molecule has 1 aliphatic rings.